The number of nitrogens with zero attached hydrogens (tertiary/aromatic N) is 3. The van der Waals surface area contributed by atoms with E-state index in [1.807, 2.05) is 4.90 Å². The van der Waals surface area contributed by atoms with Crippen LogP contribution in [0.3, 0.4) is 0 Å². The Labute approximate surface area is 181 Å². The van der Waals surface area contributed by atoms with Crippen LogP contribution < -0.4 is 15.5 Å². The van der Waals surface area contributed by atoms with Gasteiger partial charge in [0.2, 0.25) is 0 Å². The third-order valence-corrected chi connectivity index (χ3v) is 5.57. The molecule has 0 saturated carbocycles. The molecular formula is C19H27FIN5S. The van der Waals surface area contributed by atoms with Crippen LogP contribution in [0.25, 0.3) is 0 Å². The Morgan fingerprint density at radius 2 is 2.30 bits per heavy atom. The summed E-state index contributed by atoms with van der Waals surface area (Å²) in [5.41, 5.74) is 0. The van der Waals surface area contributed by atoms with Crippen LogP contribution in [0.2, 0.25) is 0 Å². The van der Waals surface area contributed by atoms with Crippen molar-refractivity contribution in [2.75, 3.05) is 31.1 Å². The van der Waals surface area contributed by atoms with Crippen molar-refractivity contribution >= 4 is 47.1 Å². The van der Waals surface area contributed by atoms with Crippen LogP contribution in [-0.2, 0) is 0 Å². The summed E-state index contributed by atoms with van der Waals surface area (Å²) in [6.45, 7) is 7.31. The van der Waals surface area contributed by atoms with Crippen molar-refractivity contribution in [1.82, 2.24) is 15.6 Å². The van der Waals surface area contributed by atoms with Crippen molar-refractivity contribution in [3.63, 3.8) is 0 Å². The Hall–Kier alpha value is -1.42. The van der Waals surface area contributed by atoms with E-state index < -0.39 is 0 Å². The van der Waals surface area contributed by atoms with E-state index in [4.69, 9.17) is 4.99 Å². The van der Waals surface area contributed by atoms with E-state index in [0.717, 1.165) is 38.6 Å². The number of thiophene rings is 1. The van der Waals surface area contributed by atoms with Gasteiger partial charge in [0.15, 0.2) is 17.6 Å². The van der Waals surface area contributed by atoms with Crippen LogP contribution >= 0.6 is 35.3 Å². The zero-order valence-electron chi connectivity index (χ0n) is 15.7. The molecule has 1 aliphatic rings. The average molecular weight is 503 g/mol. The molecule has 27 heavy (non-hydrogen) atoms. The molecule has 2 aromatic rings. The zero-order chi connectivity index (χ0) is 18.4. The zero-order valence-corrected chi connectivity index (χ0v) is 18.8. The van der Waals surface area contributed by atoms with Gasteiger partial charge in [-0.25, -0.2) is 9.37 Å². The Balaban J connectivity index is 0.00000261. The number of hydrogen-bond acceptors (Lipinski definition) is 4. The molecule has 8 heteroatoms. The Morgan fingerprint density at radius 1 is 1.44 bits per heavy atom. The first-order chi connectivity index (χ1) is 12.7. The first-order valence-corrected chi connectivity index (χ1v) is 9.99. The highest BCUT2D eigenvalue weighted by Crippen LogP contribution is 2.22. The summed E-state index contributed by atoms with van der Waals surface area (Å²) in [6.07, 6.45) is 2.57. The van der Waals surface area contributed by atoms with E-state index in [9.17, 15) is 4.39 Å². The molecular weight excluding hydrogens is 476 g/mol. The van der Waals surface area contributed by atoms with Crippen molar-refractivity contribution in [3.8, 4) is 0 Å². The lowest BCUT2D eigenvalue weighted by molar-refractivity contribution is 0.612. The van der Waals surface area contributed by atoms with Gasteiger partial charge in [-0.15, -0.1) is 35.3 Å². The summed E-state index contributed by atoms with van der Waals surface area (Å²) in [4.78, 5) is 12.3. The molecule has 1 saturated heterocycles. The minimum atomic E-state index is -0.265. The lowest BCUT2D eigenvalue weighted by Gasteiger charge is -2.20. The summed E-state index contributed by atoms with van der Waals surface area (Å²) in [5.74, 6) is 1.39. The fourth-order valence-electron chi connectivity index (χ4n) is 3.08. The minimum Gasteiger partial charge on any atom is -0.357 e. The Morgan fingerprint density at radius 3 is 3.00 bits per heavy atom. The molecule has 2 aromatic heterocycles. The maximum absolute atomic E-state index is 13.9. The summed E-state index contributed by atoms with van der Waals surface area (Å²) >= 11 is 1.77. The van der Waals surface area contributed by atoms with E-state index >= 15 is 0 Å². The van der Waals surface area contributed by atoms with Gasteiger partial charge in [-0.05, 0) is 36.9 Å². The maximum Gasteiger partial charge on any atom is 0.191 e. The van der Waals surface area contributed by atoms with E-state index in [0.29, 0.717) is 11.7 Å². The molecule has 0 spiro atoms. The molecule has 0 amide bonds. The van der Waals surface area contributed by atoms with Crippen LogP contribution in [0, 0.1) is 5.82 Å². The molecule has 148 valence electrons. The van der Waals surface area contributed by atoms with Gasteiger partial charge in [-0.1, -0.05) is 13.0 Å². The van der Waals surface area contributed by atoms with Gasteiger partial charge < -0.3 is 15.5 Å². The molecule has 2 atom stereocenters. The number of hydrogen-bond donors (Lipinski definition) is 2. The highest BCUT2D eigenvalue weighted by Gasteiger charge is 2.26. The van der Waals surface area contributed by atoms with Gasteiger partial charge in [0.1, 0.15) is 0 Å². The van der Waals surface area contributed by atoms with Crippen molar-refractivity contribution in [1.29, 1.82) is 0 Å². The average Bonchev–Trinajstić information content (AvgIpc) is 3.32. The second kappa shape index (κ2) is 10.8. The van der Waals surface area contributed by atoms with E-state index in [2.05, 4.69) is 47.0 Å². The molecule has 0 aromatic carbocycles. The highest BCUT2D eigenvalue weighted by atomic mass is 127. The van der Waals surface area contributed by atoms with Gasteiger partial charge in [-0.3, -0.25) is 4.99 Å². The van der Waals surface area contributed by atoms with Gasteiger partial charge in [0, 0.05) is 42.7 Å². The SMILES string of the molecule is CCNC(=NCC(C)c1cccs1)NC1CCN(c2ncccc2F)C1.I. The fraction of sp³-hybridized carbons (Fsp3) is 0.474. The number of aliphatic imine (C=N–C) groups is 1. The Bertz CT molecular complexity index is 725. The van der Waals surface area contributed by atoms with Crippen molar-refractivity contribution < 1.29 is 4.39 Å². The second-order valence-electron chi connectivity index (χ2n) is 6.52. The number of aromatic nitrogens is 1. The molecule has 2 unspecified atom stereocenters. The lowest BCUT2D eigenvalue weighted by atomic mass is 10.1. The van der Waals surface area contributed by atoms with Crippen molar-refractivity contribution in [2.45, 2.75) is 32.2 Å². The largest absolute Gasteiger partial charge is 0.357 e. The van der Waals surface area contributed by atoms with Gasteiger partial charge in [0.25, 0.3) is 0 Å². The summed E-state index contributed by atoms with van der Waals surface area (Å²) in [5, 5.41) is 8.90. The van der Waals surface area contributed by atoms with Gasteiger partial charge in [-0.2, -0.15) is 0 Å². The quantitative estimate of drug-likeness (QED) is 0.358. The smallest absolute Gasteiger partial charge is 0.191 e. The summed E-state index contributed by atoms with van der Waals surface area (Å²) < 4.78 is 13.9. The van der Waals surface area contributed by atoms with Crippen LogP contribution in [0.15, 0.2) is 40.8 Å². The molecule has 3 rings (SSSR count). The topological polar surface area (TPSA) is 52.6 Å². The molecule has 0 bridgehead atoms. The maximum atomic E-state index is 13.9. The van der Waals surface area contributed by atoms with Crippen LogP contribution in [-0.4, -0.2) is 43.2 Å². The predicted octanol–water partition coefficient (Wildman–Crippen LogP) is 3.84. The monoisotopic (exact) mass is 503 g/mol. The number of rotatable bonds is 6. The summed E-state index contributed by atoms with van der Waals surface area (Å²) in [6, 6.07) is 7.54. The number of guanidine groups is 1. The van der Waals surface area contributed by atoms with Crippen molar-refractivity contribution in [2.24, 2.45) is 4.99 Å². The highest BCUT2D eigenvalue weighted by molar-refractivity contribution is 14.0. The van der Waals surface area contributed by atoms with Crippen LogP contribution in [0.1, 0.15) is 31.1 Å². The number of pyridine rings is 1. The third-order valence-electron chi connectivity index (χ3n) is 4.46. The van der Waals surface area contributed by atoms with E-state index in [-0.39, 0.29) is 35.8 Å². The number of nitrogens with one attached hydrogen (secondary N) is 2. The van der Waals surface area contributed by atoms with Crippen LogP contribution in [0.5, 0.6) is 0 Å². The first kappa shape index (κ1) is 21.9. The molecule has 0 aliphatic carbocycles. The Kier molecular flexibility index (Phi) is 8.75. The van der Waals surface area contributed by atoms with E-state index in [1.165, 1.54) is 10.9 Å². The normalized spacial score (nSPS) is 18.1. The lowest BCUT2D eigenvalue weighted by Crippen LogP contribution is -2.44. The standard InChI is InChI=1S/C19H26FN5S.HI/c1-3-21-19(23-12-14(2)17-7-5-11-26-17)24-15-8-10-25(13-15)18-16(20)6-4-9-22-18;/h4-7,9,11,14-15H,3,8,10,12-13H2,1-2H3,(H2,21,23,24);1H. The second-order valence-corrected chi connectivity index (χ2v) is 7.50. The number of halogens is 2. The summed E-state index contributed by atoms with van der Waals surface area (Å²) in [7, 11) is 0. The van der Waals surface area contributed by atoms with Crippen molar-refractivity contribution in [3.05, 3.63) is 46.5 Å². The fourth-order valence-corrected chi connectivity index (χ4v) is 3.86. The van der Waals surface area contributed by atoms with E-state index in [1.54, 1.807) is 23.6 Å². The molecule has 1 aliphatic heterocycles. The molecule has 1 fully saturated rings. The predicted molar refractivity (Wildman–Crippen MR) is 122 cm³/mol. The first-order valence-electron chi connectivity index (χ1n) is 9.11. The van der Waals surface area contributed by atoms with Gasteiger partial charge in [0.05, 0.1) is 6.54 Å². The molecule has 5 nitrogen and oxygen atoms in total. The minimum absolute atomic E-state index is 0. The van der Waals surface area contributed by atoms with Crippen LogP contribution in [0.4, 0.5) is 10.2 Å². The van der Waals surface area contributed by atoms with Gasteiger partial charge >= 0.3 is 0 Å². The third kappa shape index (κ3) is 6.03. The molecule has 0 radical (unpaired) electrons. The molecule has 3 heterocycles. The number of anilines is 1. The molecule has 2 N–H and O–H groups in total.